The predicted molar refractivity (Wildman–Crippen MR) is 73.1 cm³/mol. The first-order valence-corrected chi connectivity index (χ1v) is 6.96. The Balaban J connectivity index is 1.97. The summed E-state index contributed by atoms with van der Waals surface area (Å²) in [7, 11) is 0. The molecule has 0 aromatic carbocycles. The Morgan fingerprint density at radius 2 is 2.05 bits per heavy atom. The quantitative estimate of drug-likeness (QED) is 0.403. The van der Waals surface area contributed by atoms with E-state index in [1.54, 1.807) is 11.3 Å². The summed E-state index contributed by atoms with van der Waals surface area (Å²) in [5.74, 6) is 0. The van der Waals surface area contributed by atoms with E-state index in [0.29, 0.717) is 0 Å². The Labute approximate surface area is 112 Å². The van der Waals surface area contributed by atoms with Gasteiger partial charge >= 0.3 is 0 Å². The molecule has 0 spiro atoms. The van der Waals surface area contributed by atoms with Gasteiger partial charge in [0.1, 0.15) is 17.4 Å². The summed E-state index contributed by atoms with van der Waals surface area (Å²) in [6.07, 6.45) is 5.85. The van der Waals surface area contributed by atoms with Crippen LogP contribution in [0, 0.1) is 0 Å². The fourth-order valence-corrected chi connectivity index (χ4v) is 3.97. The lowest BCUT2D eigenvalue weighted by Crippen LogP contribution is -2.17. The molecule has 4 aromatic heterocycles. The van der Waals surface area contributed by atoms with Gasteiger partial charge in [-0.1, -0.05) is 11.3 Å². The van der Waals surface area contributed by atoms with Gasteiger partial charge in [0.2, 0.25) is 4.83 Å². The molecule has 5 heterocycles. The highest BCUT2D eigenvalue weighted by atomic mass is 32.1. The molecule has 1 aliphatic heterocycles. The molecular formula is C14H9N4S+. The highest BCUT2D eigenvalue weighted by molar-refractivity contribution is 7.23. The average Bonchev–Trinajstić information content (AvgIpc) is 3.05. The fourth-order valence-electron chi connectivity index (χ4n) is 2.81. The van der Waals surface area contributed by atoms with Gasteiger partial charge < -0.3 is 0 Å². The molecule has 0 amide bonds. The SMILES string of the molecule is c1cnc2c(c1)-c1c3sc4cccnc4[n+]3cn1C2. The predicted octanol–water partition coefficient (Wildman–Crippen LogP) is 2.26. The van der Waals surface area contributed by atoms with Crippen LogP contribution in [0.15, 0.2) is 43.0 Å². The monoisotopic (exact) mass is 265 g/mol. The lowest BCUT2D eigenvalue weighted by molar-refractivity contribution is -0.480. The third-order valence-corrected chi connectivity index (χ3v) is 4.74. The van der Waals surface area contributed by atoms with Crippen LogP contribution in [0.25, 0.3) is 26.4 Å². The Bertz CT molecular complexity index is 951. The summed E-state index contributed by atoms with van der Waals surface area (Å²) in [5.41, 5.74) is 4.71. The van der Waals surface area contributed by atoms with Crippen molar-refractivity contribution in [1.82, 2.24) is 14.5 Å². The van der Waals surface area contributed by atoms with Gasteiger partial charge in [-0.25, -0.2) is 0 Å². The van der Waals surface area contributed by atoms with Gasteiger partial charge in [0.15, 0.2) is 12.0 Å². The maximum Gasteiger partial charge on any atom is 0.285 e. The first-order chi connectivity index (χ1) is 9.42. The number of pyridine rings is 2. The summed E-state index contributed by atoms with van der Waals surface area (Å²) < 4.78 is 5.67. The second-order valence-corrected chi connectivity index (χ2v) is 5.72. The molecule has 4 aromatic rings. The van der Waals surface area contributed by atoms with Crippen molar-refractivity contribution in [3.8, 4) is 11.3 Å². The molecule has 0 saturated heterocycles. The van der Waals surface area contributed by atoms with Crippen molar-refractivity contribution < 1.29 is 4.40 Å². The van der Waals surface area contributed by atoms with Gasteiger partial charge in [0, 0.05) is 11.8 Å². The van der Waals surface area contributed by atoms with Crippen LogP contribution in [0.5, 0.6) is 0 Å². The van der Waals surface area contributed by atoms with Crippen molar-refractivity contribution in [3.05, 3.63) is 48.7 Å². The van der Waals surface area contributed by atoms with E-state index >= 15 is 0 Å². The zero-order valence-corrected chi connectivity index (χ0v) is 10.8. The highest BCUT2D eigenvalue weighted by Crippen LogP contribution is 2.36. The minimum absolute atomic E-state index is 0.855. The third-order valence-electron chi connectivity index (χ3n) is 3.61. The number of fused-ring (bicyclic) bond motifs is 7. The number of aromatic nitrogens is 4. The molecular weight excluding hydrogens is 256 g/mol. The number of hydrogen-bond donors (Lipinski definition) is 0. The second kappa shape index (κ2) is 3.19. The first-order valence-electron chi connectivity index (χ1n) is 6.14. The second-order valence-electron chi connectivity index (χ2n) is 4.69. The maximum absolute atomic E-state index is 4.48. The van der Waals surface area contributed by atoms with Crippen LogP contribution >= 0.6 is 11.3 Å². The standard InChI is InChI=1S/C14H9N4S/c1-3-9-10(15-5-1)7-17-8-18-13-11(4-2-6-16-13)19-14(18)12(9)17/h1-6,8H,7H2/q+1. The molecule has 0 atom stereocenters. The Kier molecular flexibility index (Phi) is 1.62. The summed E-state index contributed by atoms with van der Waals surface area (Å²) >= 11 is 1.79. The van der Waals surface area contributed by atoms with E-state index in [1.807, 2.05) is 24.5 Å². The van der Waals surface area contributed by atoms with E-state index in [-0.39, 0.29) is 0 Å². The van der Waals surface area contributed by atoms with Gasteiger partial charge in [-0.05, 0) is 24.3 Å². The summed E-state index contributed by atoms with van der Waals surface area (Å²) in [6, 6.07) is 8.26. The van der Waals surface area contributed by atoms with Crippen molar-refractivity contribution in [2.45, 2.75) is 6.54 Å². The molecule has 0 fully saturated rings. The third kappa shape index (κ3) is 1.11. The highest BCUT2D eigenvalue weighted by Gasteiger charge is 2.29. The van der Waals surface area contributed by atoms with Crippen LogP contribution < -0.4 is 4.40 Å². The van der Waals surface area contributed by atoms with Gasteiger partial charge in [0.05, 0.1) is 5.69 Å². The van der Waals surface area contributed by atoms with Gasteiger partial charge in [-0.3, -0.25) is 9.55 Å². The lowest BCUT2D eigenvalue weighted by Gasteiger charge is -1.92. The minimum atomic E-state index is 0.855. The number of thiazole rings is 1. The molecule has 0 unspecified atom stereocenters. The molecule has 5 rings (SSSR count). The van der Waals surface area contributed by atoms with Gasteiger partial charge in [-0.2, -0.15) is 4.40 Å². The zero-order chi connectivity index (χ0) is 12.4. The smallest absolute Gasteiger partial charge is 0.257 e. The van der Waals surface area contributed by atoms with Crippen molar-refractivity contribution in [2.24, 2.45) is 0 Å². The molecule has 0 aliphatic carbocycles. The molecule has 5 heteroatoms. The first kappa shape index (κ1) is 9.63. The van der Waals surface area contributed by atoms with E-state index in [4.69, 9.17) is 0 Å². The maximum atomic E-state index is 4.48. The van der Waals surface area contributed by atoms with Crippen LogP contribution in [-0.4, -0.2) is 14.5 Å². The number of rotatable bonds is 0. The summed E-state index contributed by atoms with van der Waals surface area (Å²) in [6.45, 7) is 0.855. The van der Waals surface area contributed by atoms with E-state index < -0.39 is 0 Å². The molecule has 0 saturated carbocycles. The van der Waals surface area contributed by atoms with E-state index in [0.717, 1.165) is 17.9 Å². The molecule has 90 valence electrons. The van der Waals surface area contributed by atoms with Gasteiger partial charge in [-0.15, -0.1) is 4.98 Å². The normalized spacial score (nSPS) is 13.1. The molecule has 0 radical (unpaired) electrons. The number of nitrogens with zero attached hydrogens (tertiary/aromatic N) is 4. The number of imidazole rings is 1. The largest absolute Gasteiger partial charge is 0.285 e. The lowest BCUT2D eigenvalue weighted by atomic mass is 10.2. The van der Waals surface area contributed by atoms with Gasteiger partial charge in [0.25, 0.3) is 5.65 Å². The Morgan fingerprint density at radius 3 is 3.05 bits per heavy atom. The summed E-state index contributed by atoms with van der Waals surface area (Å²) in [5, 5.41) is 0. The van der Waals surface area contributed by atoms with Crippen LogP contribution in [0.4, 0.5) is 0 Å². The molecule has 0 N–H and O–H groups in total. The van der Waals surface area contributed by atoms with Crippen molar-refractivity contribution in [2.75, 3.05) is 0 Å². The molecule has 0 bridgehead atoms. The fraction of sp³-hybridized carbons (Fsp3) is 0.0714. The minimum Gasteiger partial charge on any atom is -0.257 e. The van der Waals surface area contributed by atoms with Crippen molar-refractivity contribution >= 4 is 26.5 Å². The van der Waals surface area contributed by atoms with Crippen LogP contribution in [0.3, 0.4) is 0 Å². The van der Waals surface area contributed by atoms with E-state index in [9.17, 15) is 0 Å². The van der Waals surface area contributed by atoms with Crippen molar-refractivity contribution in [1.29, 1.82) is 0 Å². The average molecular weight is 265 g/mol. The van der Waals surface area contributed by atoms with Crippen LogP contribution in [0.1, 0.15) is 5.69 Å². The van der Waals surface area contributed by atoms with E-state index in [2.05, 4.69) is 37.4 Å². The Morgan fingerprint density at radius 1 is 1.16 bits per heavy atom. The molecule has 19 heavy (non-hydrogen) atoms. The van der Waals surface area contributed by atoms with Crippen molar-refractivity contribution in [3.63, 3.8) is 0 Å². The van der Waals surface area contributed by atoms with E-state index in [1.165, 1.54) is 20.8 Å². The number of hydrogen-bond acceptors (Lipinski definition) is 3. The topological polar surface area (TPSA) is 34.8 Å². The Hall–Kier alpha value is -2.27. The van der Waals surface area contributed by atoms with Crippen LogP contribution in [-0.2, 0) is 6.54 Å². The molecule has 4 nitrogen and oxygen atoms in total. The molecule has 1 aliphatic rings. The summed E-state index contributed by atoms with van der Waals surface area (Å²) in [4.78, 5) is 10.2. The zero-order valence-electron chi connectivity index (χ0n) is 9.95. The van der Waals surface area contributed by atoms with Crippen LogP contribution in [0.2, 0.25) is 0 Å².